The number of carbonyl (C=O) groups excluding carboxylic acids is 1. The van der Waals surface area contributed by atoms with Crippen molar-refractivity contribution in [3.05, 3.63) is 34.4 Å². The number of ether oxygens (including phenoxy) is 2. The molecular weight excluding hydrogens is 390 g/mol. The molecular formula is C18H19ClF4NO3+. The second-order valence-electron chi connectivity index (χ2n) is 7.01. The number of nitrogens with zero attached hydrogens (tertiary/aromatic N) is 1. The molecule has 148 valence electrons. The first-order valence-corrected chi connectivity index (χ1v) is 8.56. The van der Waals surface area contributed by atoms with E-state index in [1.807, 2.05) is 19.9 Å². The minimum absolute atomic E-state index is 0.174. The molecule has 1 fully saturated rings. The van der Waals surface area contributed by atoms with E-state index in [1.165, 1.54) is 0 Å². The predicted octanol–water partition coefficient (Wildman–Crippen LogP) is 4.20. The summed E-state index contributed by atoms with van der Waals surface area (Å²) in [5, 5.41) is 8.04. The number of hydrogen-bond acceptors (Lipinski definition) is 3. The van der Waals surface area contributed by atoms with E-state index in [-0.39, 0.29) is 5.92 Å². The van der Waals surface area contributed by atoms with Gasteiger partial charge in [-0.05, 0) is 17.8 Å². The molecule has 0 spiro atoms. The Hall–Kier alpha value is -1.85. The van der Waals surface area contributed by atoms with Crippen molar-refractivity contribution >= 4 is 17.6 Å². The third-order valence-corrected chi connectivity index (χ3v) is 5.29. The van der Waals surface area contributed by atoms with E-state index in [0.717, 1.165) is 7.11 Å². The van der Waals surface area contributed by atoms with Gasteiger partial charge < -0.3 is 14.3 Å². The van der Waals surface area contributed by atoms with E-state index in [9.17, 15) is 22.4 Å². The van der Waals surface area contributed by atoms with Crippen molar-refractivity contribution in [2.45, 2.75) is 38.9 Å². The molecule has 3 unspecified atom stereocenters. The fourth-order valence-corrected chi connectivity index (χ4v) is 3.50. The van der Waals surface area contributed by atoms with E-state index in [4.69, 9.17) is 21.6 Å². The number of methoxy groups -OCH3 is 1. The highest BCUT2D eigenvalue weighted by atomic mass is 35.5. The first-order chi connectivity index (χ1) is 12.6. The van der Waals surface area contributed by atoms with Gasteiger partial charge in [0.05, 0.1) is 23.8 Å². The van der Waals surface area contributed by atoms with Gasteiger partial charge in [0.15, 0.2) is 23.3 Å². The smallest absolute Gasteiger partial charge is 0.380 e. The van der Waals surface area contributed by atoms with Crippen molar-refractivity contribution in [2.24, 2.45) is 17.3 Å². The van der Waals surface area contributed by atoms with Gasteiger partial charge in [0.25, 0.3) is 0 Å². The minimum atomic E-state index is -1.61. The number of nitriles is 1. The lowest BCUT2D eigenvalue weighted by Gasteiger charge is -2.09. The summed E-state index contributed by atoms with van der Waals surface area (Å²) in [4.78, 5) is 10.1. The normalized spacial score (nSPS) is 21.4. The molecule has 1 aliphatic rings. The molecule has 0 amide bonds. The van der Waals surface area contributed by atoms with Crippen molar-refractivity contribution < 1.29 is 31.8 Å². The molecule has 1 aromatic rings. The molecule has 3 atom stereocenters. The molecule has 1 saturated carbocycles. The molecule has 1 aliphatic carbocycles. The van der Waals surface area contributed by atoms with Crippen molar-refractivity contribution in [1.82, 2.24) is 0 Å². The largest absolute Gasteiger partial charge is 0.487 e. The molecule has 9 heteroatoms. The third kappa shape index (κ3) is 4.04. The average molecular weight is 409 g/mol. The van der Waals surface area contributed by atoms with Crippen LogP contribution in [0.3, 0.4) is 0 Å². The van der Waals surface area contributed by atoms with Gasteiger partial charge in [-0.1, -0.05) is 13.8 Å². The van der Waals surface area contributed by atoms with Crippen LogP contribution in [0.2, 0.25) is 0 Å². The van der Waals surface area contributed by atoms with Crippen molar-refractivity contribution in [3.8, 4) is 6.07 Å². The van der Waals surface area contributed by atoms with Gasteiger partial charge in [-0.15, -0.1) is 11.6 Å². The van der Waals surface area contributed by atoms with Crippen LogP contribution < -0.4 is 0 Å². The number of halogens is 5. The Bertz CT molecular complexity index is 765. The standard InChI is InChI=1S/C18H18ClF4NO3/c1-18(2)11(4-8(19)5-24)12(18)17(25)27-7-10-15(22)13(20)9(6-26-3)14(21)16(10)23/h8,11-12H,4,6-7H2,1-3H3/p+1. The van der Waals surface area contributed by atoms with E-state index >= 15 is 0 Å². The quantitative estimate of drug-likeness (QED) is 0.223. The SMILES string of the molecule is COCc1c(F)c(F)c(COC(=[OH+])C2C(CC(Cl)C#N)C2(C)C)c(F)c1F. The van der Waals surface area contributed by atoms with Crippen LogP contribution in [-0.2, 0) is 22.7 Å². The molecule has 0 aliphatic heterocycles. The van der Waals surface area contributed by atoms with Crippen LogP contribution in [0.15, 0.2) is 0 Å². The molecule has 4 nitrogen and oxygen atoms in total. The van der Waals surface area contributed by atoms with Crippen molar-refractivity contribution in [3.63, 3.8) is 0 Å². The predicted molar refractivity (Wildman–Crippen MR) is 89.4 cm³/mol. The summed E-state index contributed by atoms with van der Waals surface area (Å²) in [6.45, 7) is 2.08. The molecule has 0 radical (unpaired) electrons. The maximum absolute atomic E-state index is 14.1. The first kappa shape index (κ1) is 21.5. The second kappa shape index (κ2) is 8.03. The number of hydrogen-bond donors (Lipinski definition) is 0. The van der Waals surface area contributed by atoms with Crippen LogP contribution in [-0.4, -0.2) is 23.3 Å². The van der Waals surface area contributed by atoms with Crippen LogP contribution in [0.1, 0.15) is 31.4 Å². The number of rotatable bonds is 7. The number of alkyl halides is 1. The summed E-state index contributed by atoms with van der Waals surface area (Å²) in [5.74, 6) is -7.56. The van der Waals surface area contributed by atoms with E-state index in [2.05, 4.69) is 4.74 Å². The van der Waals surface area contributed by atoms with Crippen LogP contribution in [0.5, 0.6) is 0 Å². The van der Waals surface area contributed by atoms with Crippen LogP contribution in [0.4, 0.5) is 17.6 Å². The molecule has 27 heavy (non-hydrogen) atoms. The van der Waals surface area contributed by atoms with E-state index < -0.39 is 70.3 Å². The third-order valence-electron chi connectivity index (χ3n) is 5.02. The molecule has 0 aromatic heterocycles. The monoisotopic (exact) mass is 408 g/mol. The van der Waals surface area contributed by atoms with E-state index in [0.29, 0.717) is 6.42 Å². The summed E-state index contributed by atoms with van der Waals surface area (Å²) in [6, 6.07) is 1.88. The molecule has 1 aromatic carbocycles. The Balaban J connectivity index is 2.13. The molecule has 0 saturated heterocycles. The molecule has 2 rings (SSSR count). The van der Waals surface area contributed by atoms with Gasteiger partial charge in [0.2, 0.25) is 6.61 Å². The number of esters is 1. The van der Waals surface area contributed by atoms with Gasteiger partial charge in [0, 0.05) is 7.11 Å². The highest BCUT2D eigenvalue weighted by Crippen LogP contribution is 2.61. The Morgan fingerprint density at radius 3 is 2.07 bits per heavy atom. The zero-order chi connectivity index (χ0) is 20.5. The Kier molecular flexibility index (Phi) is 6.38. The van der Waals surface area contributed by atoms with Crippen molar-refractivity contribution in [2.75, 3.05) is 7.11 Å². The summed E-state index contributed by atoms with van der Waals surface area (Å²) >= 11 is 5.80. The maximum atomic E-state index is 14.1. The summed E-state index contributed by atoms with van der Waals surface area (Å²) in [7, 11) is 1.13. The van der Waals surface area contributed by atoms with Gasteiger partial charge in [-0.2, -0.15) is 5.26 Å². The van der Waals surface area contributed by atoms with Gasteiger partial charge in [-0.3, -0.25) is 0 Å². The lowest BCUT2D eigenvalue weighted by atomic mass is 10.1. The second-order valence-corrected chi connectivity index (χ2v) is 7.54. The van der Waals surface area contributed by atoms with Crippen LogP contribution in [0.25, 0.3) is 0 Å². The highest BCUT2D eigenvalue weighted by Gasteiger charge is 2.66. The molecule has 0 heterocycles. The topological polar surface area (TPSA) is 63.6 Å². The van der Waals surface area contributed by atoms with Gasteiger partial charge >= 0.3 is 5.97 Å². The summed E-state index contributed by atoms with van der Waals surface area (Å²) in [6.07, 6.45) is 0.292. The zero-order valence-corrected chi connectivity index (χ0v) is 15.7. The lowest BCUT2D eigenvalue weighted by molar-refractivity contribution is 0.173. The van der Waals surface area contributed by atoms with E-state index in [1.54, 1.807) is 0 Å². The maximum Gasteiger partial charge on any atom is 0.487 e. The van der Waals surface area contributed by atoms with Crippen LogP contribution >= 0.6 is 11.6 Å². The summed E-state index contributed by atoms with van der Waals surface area (Å²) in [5.41, 5.74) is -2.28. The Labute approximate surface area is 159 Å². The fraction of sp³-hybridized carbons (Fsp3) is 0.556. The first-order valence-electron chi connectivity index (χ1n) is 8.12. The zero-order valence-electron chi connectivity index (χ0n) is 15.0. The lowest BCUT2D eigenvalue weighted by Crippen LogP contribution is -2.15. The highest BCUT2D eigenvalue weighted by molar-refractivity contribution is 6.22. The molecule has 1 N–H and O–H groups in total. The van der Waals surface area contributed by atoms with Gasteiger partial charge in [0.1, 0.15) is 11.3 Å². The van der Waals surface area contributed by atoms with Gasteiger partial charge in [-0.25, -0.2) is 17.6 Å². The summed E-state index contributed by atoms with van der Waals surface area (Å²) < 4.78 is 65.5. The Morgan fingerprint density at radius 1 is 1.15 bits per heavy atom. The Morgan fingerprint density at radius 2 is 1.63 bits per heavy atom. The average Bonchev–Trinajstić information content (AvgIpc) is 3.16. The van der Waals surface area contributed by atoms with Crippen molar-refractivity contribution in [1.29, 1.82) is 5.26 Å². The van der Waals surface area contributed by atoms with Crippen LogP contribution in [0, 0.1) is 51.9 Å². The number of benzene rings is 1. The fourth-order valence-electron chi connectivity index (χ4n) is 3.31. The molecule has 0 bridgehead atoms. The minimum Gasteiger partial charge on any atom is -0.380 e.